The van der Waals surface area contributed by atoms with Crippen LogP contribution in [0.4, 0.5) is 13.2 Å². The molecule has 0 unspecified atom stereocenters. The second-order valence-electron chi connectivity index (χ2n) is 6.52. The average molecular weight is 390 g/mol. The first-order chi connectivity index (χ1) is 13.5. The molecule has 1 aromatic carbocycles. The molecule has 1 aliphatic rings. The van der Waals surface area contributed by atoms with Gasteiger partial charge in [0.1, 0.15) is 23.8 Å². The van der Waals surface area contributed by atoms with Gasteiger partial charge in [-0.1, -0.05) is 6.07 Å². The third-order valence-corrected chi connectivity index (χ3v) is 4.67. The minimum Gasteiger partial charge on any atom is -0.435 e. The van der Waals surface area contributed by atoms with Crippen molar-refractivity contribution < 1.29 is 22.7 Å². The summed E-state index contributed by atoms with van der Waals surface area (Å²) in [6.07, 6.45) is 2.77. The van der Waals surface area contributed by atoms with Crippen molar-refractivity contribution in [3.8, 4) is 11.4 Å². The monoisotopic (exact) mass is 390 g/mol. The maximum atomic E-state index is 13.3. The number of nitrogens with zero attached hydrogens (tertiary/aromatic N) is 4. The minimum absolute atomic E-state index is 0.0254. The minimum atomic E-state index is -2.91. The van der Waals surface area contributed by atoms with E-state index in [9.17, 15) is 18.0 Å². The Morgan fingerprint density at radius 2 is 1.96 bits per heavy atom. The van der Waals surface area contributed by atoms with Crippen LogP contribution in [0.5, 0.6) is 5.75 Å². The highest BCUT2D eigenvalue weighted by Crippen LogP contribution is 2.23. The predicted octanol–water partition coefficient (Wildman–Crippen LogP) is 3.60. The van der Waals surface area contributed by atoms with Crippen molar-refractivity contribution in [1.29, 1.82) is 0 Å². The first-order valence-corrected chi connectivity index (χ1v) is 8.83. The molecule has 0 bridgehead atoms. The average Bonchev–Trinajstić information content (AvgIpc) is 3.11. The smallest absolute Gasteiger partial charge is 0.387 e. The number of benzene rings is 1. The fraction of sp³-hybridized carbons (Fsp3) is 0.316. The van der Waals surface area contributed by atoms with E-state index in [0.717, 1.165) is 0 Å². The van der Waals surface area contributed by atoms with E-state index in [-0.39, 0.29) is 11.7 Å². The molecule has 1 amide bonds. The molecule has 146 valence electrons. The number of aromatic nitrogens is 3. The molecule has 6 nitrogen and oxygen atoms in total. The van der Waals surface area contributed by atoms with E-state index in [0.29, 0.717) is 48.3 Å². The molecule has 3 aromatic rings. The van der Waals surface area contributed by atoms with Gasteiger partial charge in [0.2, 0.25) is 0 Å². The van der Waals surface area contributed by atoms with Crippen LogP contribution in [0.15, 0.2) is 42.9 Å². The number of amides is 1. The highest BCUT2D eigenvalue weighted by molar-refractivity contribution is 5.96. The van der Waals surface area contributed by atoms with Crippen molar-refractivity contribution in [3.05, 3.63) is 48.4 Å². The summed E-state index contributed by atoms with van der Waals surface area (Å²) in [7, 11) is 0. The Kier molecular flexibility index (Phi) is 4.89. The third kappa shape index (κ3) is 3.64. The summed E-state index contributed by atoms with van der Waals surface area (Å²) in [4.78, 5) is 22.8. The molecule has 1 fully saturated rings. The number of imidazole rings is 1. The highest BCUT2D eigenvalue weighted by Gasteiger charge is 2.24. The molecule has 0 spiro atoms. The second kappa shape index (κ2) is 7.49. The Hall–Kier alpha value is -3.10. The van der Waals surface area contributed by atoms with Gasteiger partial charge in [-0.05, 0) is 31.0 Å². The van der Waals surface area contributed by atoms with Crippen LogP contribution in [0.2, 0.25) is 0 Å². The first kappa shape index (κ1) is 18.3. The Morgan fingerprint density at radius 3 is 2.71 bits per heavy atom. The molecule has 0 atom stereocenters. The SMILES string of the molecule is O=C(c1cnc2c(c1)ncn2-c1cccc(OC(F)F)c1)N1CCC(F)CC1. The molecular weight excluding hydrogens is 373 g/mol. The molecule has 0 radical (unpaired) electrons. The van der Waals surface area contributed by atoms with Crippen molar-refractivity contribution in [2.45, 2.75) is 25.6 Å². The van der Waals surface area contributed by atoms with Gasteiger partial charge in [0, 0.05) is 25.4 Å². The van der Waals surface area contributed by atoms with Crippen molar-refractivity contribution >= 4 is 17.1 Å². The van der Waals surface area contributed by atoms with Crippen LogP contribution in [-0.4, -0.2) is 51.2 Å². The Labute approximate surface area is 158 Å². The summed E-state index contributed by atoms with van der Waals surface area (Å²) in [5.41, 5.74) is 1.90. The van der Waals surface area contributed by atoms with Crippen LogP contribution < -0.4 is 4.74 Å². The van der Waals surface area contributed by atoms with Gasteiger partial charge in [0.15, 0.2) is 5.65 Å². The van der Waals surface area contributed by atoms with Gasteiger partial charge in [-0.15, -0.1) is 0 Å². The lowest BCUT2D eigenvalue weighted by atomic mass is 10.1. The maximum absolute atomic E-state index is 13.3. The van der Waals surface area contributed by atoms with Crippen molar-refractivity contribution in [3.63, 3.8) is 0 Å². The first-order valence-electron chi connectivity index (χ1n) is 8.83. The third-order valence-electron chi connectivity index (χ3n) is 4.67. The number of halogens is 3. The topological polar surface area (TPSA) is 60.3 Å². The normalized spacial score (nSPS) is 15.4. The lowest BCUT2D eigenvalue weighted by molar-refractivity contribution is -0.0498. The number of alkyl halides is 3. The van der Waals surface area contributed by atoms with Crippen molar-refractivity contribution in [2.24, 2.45) is 0 Å². The van der Waals surface area contributed by atoms with E-state index >= 15 is 0 Å². The number of fused-ring (bicyclic) bond motifs is 1. The number of ether oxygens (including phenoxy) is 1. The number of carbonyl (C=O) groups is 1. The highest BCUT2D eigenvalue weighted by atomic mass is 19.3. The molecule has 1 aliphatic heterocycles. The predicted molar refractivity (Wildman–Crippen MR) is 95.5 cm³/mol. The number of likely N-dealkylation sites (tertiary alicyclic amines) is 1. The van der Waals surface area contributed by atoms with Gasteiger partial charge in [-0.2, -0.15) is 8.78 Å². The van der Waals surface area contributed by atoms with E-state index < -0.39 is 12.8 Å². The summed E-state index contributed by atoms with van der Waals surface area (Å²) < 4.78 is 44.2. The zero-order valence-corrected chi connectivity index (χ0v) is 14.8. The lowest BCUT2D eigenvalue weighted by Gasteiger charge is -2.28. The molecule has 9 heteroatoms. The summed E-state index contributed by atoms with van der Waals surface area (Å²) in [6, 6.07) is 7.81. The van der Waals surface area contributed by atoms with Gasteiger partial charge >= 0.3 is 6.61 Å². The molecule has 3 heterocycles. The van der Waals surface area contributed by atoms with Crippen LogP contribution in [0, 0.1) is 0 Å². The molecule has 0 saturated carbocycles. The van der Waals surface area contributed by atoms with Crippen LogP contribution in [-0.2, 0) is 0 Å². The molecule has 0 aliphatic carbocycles. The van der Waals surface area contributed by atoms with Gasteiger partial charge in [0.25, 0.3) is 5.91 Å². The number of carbonyl (C=O) groups excluding carboxylic acids is 1. The maximum Gasteiger partial charge on any atom is 0.387 e. The van der Waals surface area contributed by atoms with E-state index in [2.05, 4.69) is 14.7 Å². The standard InChI is InChI=1S/C19H17F3N4O2/c20-13-4-6-25(7-5-13)18(27)12-8-16-17(23-10-12)26(11-24-16)14-2-1-3-15(9-14)28-19(21)22/h1-3,8-11,13,19H,4-7H2. The number of pyridine rings is 1. The van der Waals surface area contributed by atoms with Gasteiger partial charge in [-0.3, -0.25) is 9.36 Å². The fourth-order valence-electron chi connectivity index (χ4n) is 3.25. The van der Waals surface area contributed by atoms with E-state index in [1.165, 1.54) is 24.7 Å². The van der Waals surface area contributed by atoms with Crippen molar-refractivity contribution in [1.82, 2.24) is 19.4 Å². The van der Waals surface area contributed by atoms with Crippen LogP contribution in [0.25, 0.3) is 16.9 Å². The summed E-state index contributed by atoms with van der Waals surface area (Å²) in [5, 5.41) is 0. The summed E-state index contributed by atoms with van der Waals surface area (Å²) in [6.45, 7) is -2.16. The quantitative estimate of drug-likeness (QED) is 0.683. The van der Waals surface area contributed by atoms with E-state index in [1.54, 1.807) is 27.7 Å². The number of piperidine rings is 1. The largest absolute Gasteiger partial charge is 0.435 e. The molecule has 0 N–H and O–H groups in total. The van der Waals surface area contributed by atoms with Crippen LogP contribution in [0.1, 0.15) is 23.2 Å². The molecule has 2 aromatic heterocycles. The number of hydrogen-bond acceptors (Lipinski definition) is 4. The van der Waals surface area contributed by atoms with E-state index in [4.69, 9.17) is 0 Å². The Balaban J connectivity index is 1.61. The summed E-state index contributed by atoms with van der Waals surface area (Å²) >= 11 is 0. The second-order valence-corrected chi connectivity index (χ2v) is 6.52. The number of rotatable bonds is 4. The molecule has 4 rings (SSSR count). The van der Waals surface area contributed by atoms with Crippen LogP contribution in [0.3, 0.4) is 0 Å². The Morgan fingerprint density at radius 1 is 1.18 bits per heavy atom. The molecule has 28 heavy (non-hydrogen) atoms. The van der Waals surface area contributed by atoms with Gasteiger partial charge in [-0.25, -0.2) is 14.4 Å². The number of hydrogen-bond donors (Lipinski definition) is 0. The Bertz CT molecular complexity index is 1000. The lowest BCUT2D eigenvalue weighted by Crippen LogP contribution is -2.39. The molecule has 1 saturated heterocycles. The summed E-state index contributed by atoms with van der Waals surface area (Å²) in [5.74, 6) is -0.180. The molecular formula is C19H17F3N4O2. The fourth-order valence-corrected chi connectivity index (χ4v) is 3.25. The van der Waals surface area contributed by atoms with Gasteiger partial charge in [0.05, 0.1) is 11.3 Å². The zero-order chi connectivity index (χ0) is 19.7. The van der Waals surface area contributed by atoms with E-state index in [1.807, 2.05) is 0 Å². The van der Waals surface area contributed by atoms with Crippen molar-refractivity contribution in [2.75, 3.05) is 13.1 Å². The zero-order valence-electron chi connectivity index (χ0n) is 14.8. The van der Waals surface area contributed by atoms with Crippen LogP contribution >= 0.6 is 0 Å². The van der Waals surface area contributed by atoms with Gasteiger partial charge < -0.3 is 9.64 Å².